The minimum absolute atomic E-state index is 0.508. The normalized spacial score (nSPS) is 17.4. The van der Waals surface area contributed by atoms with Crippen molar-refractivity contribution in [2.24, 2.45) is 5.92 Å². The molecule has 1 aliphatic carbocycles. The van der Waals surface area contributed by atoms with Gasteiger partial charge in [0.25, 0.3) is 0 Å². The highest BCUT2D eigenvalue weighted by Crippen LogP contribution is 2.29. The molecule has 0 heterocycles. The number of nitrogens with one attached hydrogen (secondary N) is 1. The summed E-state index contributed by atoms with van der Waals surface area (Å²) in [6.07, 6.45) is 5.49. The second-order valence-corrected chi connectivity index (χ2v) is 5.87. The first kappa shape index (κ1) is 14.5. The molecule has 2 rings (SSSR count). The minimum Gasteiger partial charge on any atom is -0.315 e. The fourth-order valence-electron chi connectivity index (χ4n) is 2.83. The summed E-state index contributed by atoms with van der Waals surface area (Å²) >= 11 is 0. The zero-order chi connectivity index (χ0) is 13.5. The van der Waals surface area contributed by atoms with Crippen molar-refractivity contribution >= 4 is 0 Å². The van der Waals surface area contributed by atoms with E-state index in [1.165, 1.54) is 37.8 Å². The lowest BCUT2D eigenvalue weighted by Crippen LogP contribution is -2.37. The van der Waals surface area contributed by atoms with Crippen LogP contribution in [0.4, 0.5) is 0 Å². The van der Waals surface area contributed by atoms with E-state index in [2.05, 4.69) is 54.5 Å². The molecule has 2 heteroatoms. The molecular weight excluding hydrogens is 232 g/mol. The molecule has 0 radical (unpaired) electrons. The number of benzene rings is 1. The van der Waals surface area contributed by atoms with Crippen LogP contribution >= 0.6 is 0 Å². The van der Waals surface area contributed by atoms with Crippen LogP contribution in [0, 0.1) is 5.92 Å². The highest BCUT2D eigenvalue weighted by atomic mass is 15.2. The van der Waals surface area contributed by atoms with Gasteiger partial charge in [-0.1, -0.05) is 43.7 Å². The zero-order valence-corrected chi connectivity index (χ0v) is 12.4. The second-order valence-electron chi connectivity index (χ2n) is 5.87. The summed E-state index contributed by atoms with van der Waals surface area (Å²) in [4.78, 5) is 2.54. The van der Waals surface area contributed by atoms with Crippen molar-refractivity contribution in [2.45, 2.75) is 38.6 Å². The first-order valence-corrected chi connectivity index (χ1v) is 7.77. The molecular formula is C17H28N2. The summed E-state index contributed by atoms with van der Waals surface area (Å²) in [5.74, 6) is 0.933. The highest BCUT2D eigenvalue weighted by Gasteiger charge is 2.23. The molecule has 1 fully saturated rings. The van der Waals surface area contributed by atoms with Gasteiger partial charge in [0.1, 0.15) is 0 Å². The lowest BCUT2D eigenvalue weighted by atomic mass is 9.84. The van der Waals surface area contributed by atoms with E-state index in [0.717, 1.165) is 19.0 Å². The average Bonchev–Trinajstić information content (AvgIpc) is 2.40. The van der Waals surface area contributed by atoms with Crippen molar-refractivity contribution < 1.29 is 0 Å². The van der Waals surface area contributed by atoms with Gasteiger partial charge >= 0.3 is 0 Å². The van der Waals surface area contributed by atoms with Crippen molar-refractivity contribution in [3.05, 3.63) is 35.9 Å². The van der Waals surface area contributed by atoms with Crippen molar-refractivity contribution in [1.82, 2.24) is 10.2 Å². The van der Waals surface area contributed by atoms with Crippen LogP contribution in [-0.2, 0) is 0 Å². The molecule has 0 aromatic heterocycles. The summed E-state index contributed by atoms with van der Waals surface area (Å²) in [5, 5.41) is 3.58. The van der Waals surface area contributed by atoms with Crippen LogP contribution < -0.4 is 5.32 Å². The lowest BCUT2D eigenvalue weighted by molar-refractivity contribution is 0.159. The van der Waals surface area contributed by atoms with Crippen LogP contribution in [0.2, 0.25) is 0 Å². The van der Waals surface area contributed by atoms with Crippen LogP contribution in [0.25, 0.3) is 0 Å². The van der Waals surface area contributed by atoms with E-state index in [9.17, 15) is 0 Å². The van der Waals surface area contributed by atoms with Crippen LogP contribution in [0.5, 0.6) is 0 Å². The Labute approximate surface area is 118 Å². The third kappa shape index (κ3) is 4.32. The van der Waals surface area contributed by atoms with E-state index in [-0.39, 0.29) is 0 Å². The molecule has 1 aromatic carbocycles. The Morgan fingerprint density at radius 2 is 2.00 bits per heavy atom. The van der Waals surface area contributed by atoms with Crippen molar-refractivity contribution in [3.63, 3.8) is 0 Å². The lowest BCUT2D eigenvalue weighted by Gasteiger charge is -2.35. The molecule has 0 spiro atoms. The quantitative estimate of drug-likeness (QED) is 0.720. The molecule has 0 saturated heterocycles. The van der Waals surface area contributed by atoms with E-state index in [1.807, 2.05) is 0 Å². The van der Waals surface area contributed by atoms with E-state index in [1.54, 1.807) is 0 Å². The molecule has 2 nitrogen and oxygen atoms in total. The van der Waals surface area contributed by atoms with Crippen LogP contribution in [0.15, 0.2) is 30.3 Å². The monoisotopic (exact) mass is 260 g/mol. The van der Waals surface area contributed by atoms with Gasteiger partial charge in [-0.15, -0.1) is 0 Å². The van der Waals surface area contributed by atoms with E-state index in [4.69, 9.17) is 0 Å². The summed E-state index contributed by atoms with van der Waals surface area (Å²) < 4.78 is 0. The molecule has 1 N–H and O–H groups in total. The van der Waals surface area contributed by atoms with Gasteiger partial charge in [-0.25, -0.2) is 0 Å². The van der Waals surface area contributed by atoms with Gasteiger partial charge in [0, 0.05) is 19.1 Å². The largest absolute Gasteiger partial charge is 0.315 e. The third-order valence-electron chi connectivity index (χ3n) is 4.25. The Kier molecular flexibility index (Phi) is 5.87. The van der Waals surface area contributed by atoms with Gasteiger partial charge in [0.05, 0.1) is 0 Å². The predicted molar refractivity (Wildman–Crippen MR) is 82.3 cm³/mol. The van der Waals surface area contributed by atoms with Crippen LogP contribution in [-0.4, -0.2) is 31.6 Å². The number of nitrogens with zero attached hydrogens (tertiary/aromatic N) is 1. The van der Waals surface area contributed by atoms with Crippen molar-refractivity contribution in [1.29, 1.82) is 0 Å². The number of hydrogen-bond donors (Lipinski definition) is 1. The molecule has 19 heavy (non-hydrogen) atoms. The molecule has 0 bridgehead atoms. The molecule has 106 valence electrons. The molecule has 1 aliphatic rings. The summed E-state index contributed by atoms with van der Waals surface area (Å²) in [6.45, 7) is 5.64. The van der Waals surface area contributed by atoms with Gasteiger partial charge in [0.2, 0.25) is 0 Å². The van der Waals surface area contributed by atoms with Gasteiger partial charge in [-0.3, -0.25) is 4.90 Å². The number of rotatable bonds is 8. The van der Waals surface area contributed by atoms with Crippen LogP contribution in [0.3, 0.4) is 0 Å². The average molecular weight is 260 g/mol. The molecule has 0 amide bonds. The molecule has 1 unspecified atom stereocenters. The fraction of sp³-hybridized carbons (Fsp3) is 0.647. The standard InChI is InChI=1S/C17H28N2/c1-3-12-18-13-17(16-10-5-4-6-11-16)19(2)14-15-8-7-9-15/h4-6,10-11,15,17-18H,3,7-9,12-14H2,1-2H3. The molecule has 1 aromatic rings. The van der Waals surface area contributed by atoms with Gasteiger partial charge < -0.3 is 5.32 Å². The maximum Gasteiger partial charge on any atom is 0.0469 e. The first-order valence-electron chi connectivity index (χ1n) is 7.77. The summed E-state index contributed by atoms with van der Waals surface area (Å²) in [7, 11) is 2.28. The third-order valence-corrected chi connectivity index (χ3v) is 4.25. The Morgan fingerprint density at radius 1 is 1.26 bits per heavy atom. The number of likely N-dealkylation sites (N-methyl/N-ethyl adjacent to an activating group) is 1. The Morgan fingerprint density at radius 3 is 2.58 bits per heavy atom. The van der Waals surface area contributed by atoms with E-state index in [0.29, 0.717) is 6.04 Å². The van der Waals surface area contributed by atoms with E-state index < -0.39 is 0 Å². The maximum atomic E-state index is 3.58. The highest BCUT2D eigenvalue weighted by molar-refractivity contribution is 5.19. The predicted octanol–water partition coefficient (Wildman–Crippen LogP) is 3.46. The SMILES string of the molecule is CCCNCC(c1ccccc1)N(C)CC1CCC1. The van der Waals surface area contributed by atoms with Crippen molar-refractivity contribution in [2.75, 3.05) is 26.7 Å². The molecule has 1 atom stereocenters. The minimum atomic E-state index is 0.508. The topological polar surface area (TPSA) is 15.3 Å². The zero-order valence-electron chi connectivity index (χ0n) is 12.4. The van der Waals surface area contributed by atoms with Gasteiger partial charge in [-0.2, -0.15) is 0 Å². The van der Waals surface area contributed by atoms with Crippen LogP contribution in [0.1, 0.15) is 44.2 Å². The van der Waals surface area contributed by atoms with Gasteiger partial charge in [-0.05, 0) is 44.3 Å². The second kappa shape index (κ2) is 7.66. The first-order chi connectivity index (χ1) is 9.31. The summed E-state index contributed by atoms with van der Waals surface area (Å²) in [6, 6.07) is 11.4. The Bertz CT molecular complexity index is 346. The van der Waals surface area contributed by atoms with Gasteiger partial charge in [0.15, 0.2) is 0 Å². The van der Waals surface area contributed by atoms with E-state index >= 15 is 0 Å². The summed E-state index contributed by atoms with van der Waals surface area (Å²) in [5.41, 5.74) is 1.44. The molecule has 0 aliphatic heterocycles. The fourth-order valence-corrected chi connectivity index (χ4v) is 2.83. The number of hydrogen-bond acceptors (Lipinski definition) is 2. The molecule has 1 saturated carbocycles. The van der Waals surface area contributed by atoms with Crippen molar-refractivity contribution in [3.8, 4) is 0 Å². The Hall–Kier alpha value is -0.860. The smallest absolute Gasteiger partial charge is 0.0469 e. The maximum absolute atomic E-state index is 3.58. The Balaban J connectivity index is 1.95.